The molecule has 0 aliphatic rings. The molecule has 1 N–H and O–H groups in total. The summed E-state index contributed by atoms with van der Waals surface area (Å²) in [6.45, 7) is 9.82. The van der Waals surface area contributed by atoms with Crippen molar-refractivity contribution in [2.75, 3.05) is 37.2 Å². The predicted octanol–water partition coefficient (Wildman–Crippen LogP) is 2.86. The number of thioether (sulfide) groups is 1. The molecule has 20 heavy (non-hydrogen) atoms. The largest absolute Gasteiger partial charge is 0.370 e. The van der Waals surface area contributed by atoms with Crippen LogP contribution in [0.1, 0.15) is 20.8 Å². The molecule has 0 saturated carbocycles. The van der Waals surface area contributed by atoms with Crippen molar-refractivity contribution >= 4 is 23.3 Å². The first kappa shape index (κ1) is 16.7. The molecule has 6 nitrogen and oxygen atoms in total. The van der Waals surface area contributed by atoms with Gasteiger partial charge < -0.3 is 10.2 Å². The highest BCUT2D eigenvalue weighted by Gasteiger charge is 2.16. The molecule has 0 amide bonds. The van der Waals surface area contributed by atoms with Crippen LogP contribution in [-0.2, 0) is 0 Å². The zero-order valence-electron chi connectivity index (χ0n) is 12.3. The Bertz CT molecular complexity index is 438. The minimum Gasteiger partial charge on any atom is -0.370 e. The van der Waals surface area contributed by atoms with E-state index < -0.39 is 0 Å². The lowest BCUT2D eigenvalue weighted by Crippen LogP contribution is -2.25. The fourth-order valence-corrected chi connectivity index (χ4v) is 2.77. The summed E-state index contributed by atoms with van der Waals surface area (Å²) in [7, 11) is 0. The lowest BCUT2D eigenvalue weighted by atomic mass is 10.4. The molecule has 1 aromatic rings. The summed E-state index contributed by atoms with van der Waals surface area (Å²) in [5.74, 6) is 1.48. The van der Waals surface area contributed by atoms with Crippen molar-refractivity contribution in [3.05, 3.63) is 22.2 Å². The van der Waals surface area contributed by atoms with Gasteiger partial charge in [0.05, 0.1) is 4.92 Å². The second-order valence-corrected chi connectivity index (χ2v) is 5.27. The summed E-state index contributed by atoms with van der Waals surface area (Å²) < 4.78 is 0. The third-order valence-corrected chi connectivity index (χ3v) is 3.90. The van der Waals surface area contributed by atoms with Crippen LogP contribution in [0.25, 0.3) is 0 Å². The van der Waals surface area contributed by atoms with Gasteiger partial charge in [0.1, 0.15) is 5.82 Å². The molecule has 0 aliphatic heterocycles. The number of hydrogen-bond donors (Lipinski definition) is 1. The molecule has 112 valence electrons. The molecule has 0 atom stereocenters. The number of anilines is 1. The maximum atomic E-state index is 11.0. The Morgan fingerprint density at radius 3 is 2.60 bits per heavy atom. The summed E-state index contributed by atoms with van der Waals surface area (Å²) in [5.41, 5.74) is 0.0798. The maximum absolute atomic E-state index is 11.0. The molecule has 0 fully saturated rings. The van der Waals surface area contributed by atoms with Crippen molar-refractivity contribution in [3.8, 4) is 0 Å². The molecule has 1 rings (SSSR count). The monoisotopic (exact) mass is 298 g/mol. The Morgan fingerprint density at radius 2 is 2.05 bits per heavy atom. The standard InChI is InChI=1S/C13H22N4O2S/c1-4-14-12-8-7-11(17(18)19)13(15-12)20-10-9-16(5-2)6-3/h7-8H,4-6,9-10H2,1-3H3,(H,14,15). The maximum Gasteiger partial charge on any atom is 0.301 e. The first-order chi connectivity index (χ1) is 9.62. The average Bonchev–Trinajstić information content (AvgIpc) is 2.44. The van der Waals surface area contributed by atoms with E-state index in [1.807, 2.05) is 6.92 Å². The molecule has 0 spiro atoms. The first-order valence-electron chi connectivity index (χ1n) is 6.86. The van der Waals surface area contributed by atoms with E-state index >= 15 is 0 Å². The second kappa shape index (κ2) is 8.76. The van der Waals surface area contributed by atoms with Gasteiger partial charge in [-0.15, -0.1) is 0 Å². The SMILES string of the molecule is CCNc1ccc([N+](=O)[O-])c(SCCN(CC)CC)n1. The van der Waals surface area contributed by atoms with E-state index in [0.717, 1.165) is 31.9 Å². The van der Waals surface area contributed by atoms with Gasteiger partial charge in [0.2, 0.25) is 0 Å². The summed E-state index contributed by atoms with van der Waals surface area (Å²) >= 11 is 1.44. The number of nitrogens with one attached hydrogen (secondary N) is 1. The van der Waals surface area contributed by atoms with Crippen LogP contribution in [0.4, 0.5) is 11.5 Å². The van der Waals surface area contributed by atoms with Gasteiger partial charge in [-0.05, 0) is 26.1 Å². The van der Waals surface area contributed by atoms with Crippen LogP contribution >= 0.6 is 11.8 Å². The number of pyridine rings is 1. The van der Waals surface area contributed by atoms with Crippen molar-refractivity contribution in [2.45, 2.75) is 25.8 Å². The molecule has 7 heteroatoms. The Balaban J connectivity index is 2.74. The summed E-state index contributed by atoms with van der Waals surface area (Å²) in [6, 6.07) is 3.17. The second-order valence-electron chi connectivity index (χ2n) is 4.18. The van der Waals surface area contributed by atoms with Crippen LogP contribution in [0, 0.1) is 10.1 Å². The highest BCUT2D eigenvalue weighted by Crippen LogP contribution is 2.28. The lowest BCUT2D eigenvalue weighted by molar-refractivity contribution is -0.388. The highest BCUT2D eigenvalue weighted by molar-refractivity contribution is 7.99. The normalized spacial score (nSPS) is 10.8. The van der Waals surface area contributed by atoms with Gasteiger partial charge in [0, 0.05) is 24.9 Å². The van der Waals surface area contributed by atoms with Crippen LogP contribution in [0.5, 0.6) is 0 Å². The van der Waals surface area contributed by atoms with Crippen LogP contribution in [0.3, 0.4) is 0 Å². The lowest BCUT2D eigenvalue weighted by Gasteiger charge is -2.17. The number of aromatic nitrogens is 1. The number of nitrogens with zero attached hydrogens (tertiary/aromatic N) is 3. The zero-order chi connectivity index (χ0) is 15.0. The van der Waals surface area contributed by atoms with Crippen molar-refractivity contribution in [2.24, 2.45) is 0 Å². The van der Waals surface area contributed by atoms with E-state index in [9.17, 15) is 10.1 Å². The topological polar surface area (TPSA) is 71.3 Å². The van der Waals surface area contributed by atoms with Gasteiger partial charge >= 0.3 is 5.69 Å². The highest BCUT2D eigenvalue weighted by atomic mass is 32.2. The van der Waals surface area contributed by atoms with Gasteiger partial charge in [-0.25, -0.2) is 4.98 Å². The van der Waals surface area contributed by atoms with Gasteiger partial charge in [0.15, 0.2) is 5.03 Å². The predicted molar refractivity (Wildman–Crippen MR) is 83.6 cm³/mol. The van der Waals surface area contributed by atoms with Crippen LogP contribution < -0.4 is 5.32 Å². The van der Waals surface area contributed by atoms with Crippen molar-refractivity contribution in [1.82, 2.24) is 9.88 Å². The van der Waals surface area contributed by atoms with E-state index in [-0.39, 0.29) is 10.6 Å². The fourth-order valence-electron chi connectivity index (χ4n) is 1.77. The Hall–Kier alpha value is -1.34. The smallest absolute Gasteiger partial charge is 0.301 e. The van der Waals surface area contributed by atoms with E-state index in [4.69, 9.17) is 0 Å². The molecule has 1 heterocycles. The van der Waals surface area contributed by atoms with Crippen molar-refractivity contribution in [3.63, 3.8) is 0 Å². The van der Waals surface area contributed by atoms with E-state index in [1.54, 1.807) is 6.07 Å². The molecule has 0 aliphatic carbocycles. The summed E-state index contributed by atoms with van der Waals surface area (Å²) in [6.07, 6.45) is 0. The van der Waals surface area contributed by atoms with Gasteiger partial charge in [-0.3, -0.25) is 10.1 Å². The third kappa shape index (κ3) is 4.97. The molecule has 0 bridgehead atoms. The fraction of sp³-hybridized carbons (Fsp3) is 0.615. The molecular weight excluding hydrogens is 276 g/mol. The quantitative estimate of drug-likeness (QED) is 0.429. The number of nitro groups is 1. The third-order valence-electron chi connectivity index (χ3n) is 2.94. The van der Waals surface area contributed by atoms with Crippen molar-refractivity contribution < 1.29 is 4.92 Å². The molecule has 1 aromatic heterocycles. The Kier molecular flexibility index (Phi) is 7.32. The Labute approximate surface area is 124 Å². The van der Waals surface area contributed by atoms with Gasteiger partial charge in [-0.1, -0.05) is 25.6 Å². The van der Waals surface area contributed by atoms with Crippen LogP contribution in [0.15, 0.2) is 17.2 Å². The minimum absolute atomic E-state index is 0.0798. The number of hydrogen-bond acceptors (Lipinski definition) is 6. The van der Waals surface area contributed by atoms with Gasteiger partial charge in [0.25, 0.3) is 0 Å². The average molecular weight is 298 g/mol. The van der Waals surface area contributed by atoms with E-state index in [1.165, 1.54) is 17.8 Å². The minimum atomic E-state index is -0.373. The Morgan fingerprint density at radius 1 is 1.35 bits per heavy atom. The van der Waals surface area contributed by atoms with Crippen LogP contribution in [-0.4, -0.2) is 46.7 Å². The first-order valence-corrected chi connectivity index (χ1v) is 7.85. The van der Waals surface area contributed by atoms with Crippen LogP contribution in [0.2, 0.25) is 0 Å². The molecule has 0 radical (unpaired) electrons. The molecule has 0 aromatic carbocycles. The number of rotatable bonds is 9. The van der Waals surface area contributed by atoms with E-state index in [0.29, 0.717) is 10.8 Å². The molecule has 0 unspecified atom stereocenters. The van der Waals surface area contributed by atoms with Crippen molar-refractivity contribution in [1.29, 1.82) is 0 Å². The summed E-state index contributed by atoms with van der Waals surface area (Å²) in [4.78, 5) is 17.3. The zero-order valence-corrected chi connectivity index (χ0v) is 13.1. The van der Waals surface area contributed by atoms with Gasteiger partial charge in [-0.2, -0.15) is 0 Å². The van der Waals surface area contributed by atoms with E-state index in [2.05, 4.69) is 29.0 Å². The summed E-state index contributed by atoms with van der Waals surface area (Å²) in [5, 5.41) is 14.6. The molecule has 0 saturated heterocycles. The molecular formula is C13H22N4O2S.